The summed E-state index contributed by atoms with van der Waals surface area (Å²) < 4.78 is 5.89. The van der Waals surface area contributed by atoms with Crippen molar-refractivity contribution >= 4 is 23.1 Å². The van der Waals surface area contributed by atoms with Gasteiger partial charge in [-0.15, -0.1) is 0 Å². The first-order valence-electron chi connectivity index (χ1n) is 9.72. The Morgan fingerprint density at radius 3 is 2.10 bits per heavy atom. The van der Waals surface area contributed by atoms with Crippen molar-refractivity contribution in [2.24, 2.45) is 0 Å². The first kappa shape index (κ1) is 19.9. The van der Waals surface area contributed by atoms with E-state index >= 15 is 0 Å². The molecule has 0 aromatic heterocycles. The third-order valence-corrected chi connectivity index (χ3v) is 5.62. The van der Waals surface area contributed by atoms with Gasteiger partial charge in [0.2, 0.25) is 0 Å². The van der Waals surface area contributed by atoms with E-state index in [2.05, 4.69) is 5.32 Å². The number of carbonyl (C=O) groups excluding carboxylic acids is 1. The number of ether oxygens (including phenoxy) is 1. The second-order valence-corrected chi connectivity index (χ2v) is 7.51. The zero-order valence-electron chi connectivity index (χ0n) is 16.8. The number of para-hydroxylation sites is 1. The first-order chi connectivity index (χ1) is 14.5. The van der Waals surface area contributed by atoms with Crippen molar-refractivity contribution in [1.29, 1.82) is 0 Å². The second-order valence-electron chi connectivity index (χ2n) is 7.12. The van der Waals surface area contributed by atoms with Crippen molar-refractivity contribution < 1.29 is 9.53 Å². The average Bonchev–Trinajstić information content (AvgIpc) is 2.79. The predicted molar refractivity (Wildman–Crippen MR) is 123 cm³/mol. The molecule has 1 heterocycles. The smallest absolute Gasteiger partial charge is 0.193 e. The number of carbonyl (C=O) groups is 1. The maximum absolute atomic E-state index is 13.4. The van der Waals surface area contributed by atoms with Crippen LogP contribution in [0.5, 0.6) is 11.5 Å². The molecule has 0 bridgehead atoms. The van der Waals surface area contributed by atoms with Crippen LogP contribution < -0.4 is 10.1 Å². The molecule has 0 aliphatic carbocycles. The van der Waals surface area contributed by atoms with Gasteiger partial charge in [0.15, 0.2) is 10.9 Å². The van der Waals surface area contributed by atoms with Crippen molar-refractivity contribution in [3.8, 4) is 11.5 Å². The SMILES string of the molecule is CC1=C(C(=O)c2ccccc2)C(c2ccc(Oc3ccccc3)cc2)NC(=S)N1C. The molecule has 0 fully saturated rings. The minimum Gasteiger partial charge on any atom is -0.457 e. The van der Waals surface area contributed by atoms with Gasteiger partial charge in [0.25, 0.3) is 0 Å². The average molecular weight is 415 g/mol. The molecule has 30 heavy (non-hydrogen) atoms. The number of benzene rings is 3. The van der Waals surface area contributed by atoms with Gasteiger partial charge in [-0.05, 0) is 49.0 Å². The van der Waals surface area contributed by atoms with E-state index in [1.54, 1.807) is 0 Å². The van der Waals surface area contributed by atoms with Gasteiger partial charge in [-0.3, -0.25) is 4.79 Å². The van der Waals surface area contributed by atoms with E-state index in [1.165, 1.54) is 0 Å². The molecule has 1 atom stereocenters. The van der Waals surface area contributed by atoms with Gasteiger partial charge >= 0.3 is 0 Å². The molecular weight excluding hydrogens is 392 g/mol. The summed E-state index contributed by atoms with van der Waals surface area (Å²) in [5.41, 5.74) is 3.14. The van der Waals surface area contributed by atoms with Gasteiger partial charge in [-0.2, -0.15) is 0 Å². The Morgan fingerprint density at radius 2 is 1.47 bits per heavy atom. The fourth-order valence-electron chi connectivity index (χ4n) is 3.48. The van der Waals surface area contributed by atoms with Gasteiger partial charge in [0.1, 0.15) is 11.5 Å². The number of Topliss-reactive ketones (excluding diaryl/α,β-unsaturated/α-hetero) is 1. The third kappa shape index (κ3) is 3.98. The number of rotatable bonds is 5. The lowest BCUT2D eigenvalue weighted by molar-refractivity contribution is 0.102. The molecule has 1 aliphatic heterocycles. The number of nitrogens with zero attached hydrogens (tertiary/aromatic N) is 1. The van der Waals surface area contributed by atoms with Crippen LogP contribution in [0.3, 0.4) is 0 Å². The highest BCUT2D eigenvalue weighted by Crippen LogP contribution is 2.33. The molecule has 1 unspecified atom stereocenters. The van der Waals surface area contributed by atoms with Gasteiger partial charge in [-0.1, -0.05) is 60.7 Å². The Kier molecular flexibility index (Phi) is 5.63. The number of hydrogen-bond acceptors (Lipinski definition) is 3. The zero-order valence-corrected chi connectivity index (χ0v) is 17.6. The Hall–Kier alpha value is -3.44. The van der Waals surface area contributed by atoms with E-state index in [0.29, 0.717) is 16.2 Å². The maximum atomic E-state index is 13.4. The highest BCUT2D eigenvalue weighted by molar-refractivity contribution is 7.80. The van der Waals surface area contributed by atoms with Crippen LogP contribution in [0, 0.1) is 0 Å². The molecule has 0 saturated carbocycles. The Bertz CT molecular complexity index is 1090. The molecule has 0 amide bonds. The summed E-state index contributed by atoms with van der Waals surface area (Å²) in [6.07, 6.45) is 0. The third-order valence-electron chi connectivity index (χ3n) is 5.23. The van der Waals surface area contributed by atoms with Crippen LogP contribution in [-0.2, 0) is 0 Å². The van der Waals surface area contributed by atoms with Crippen molar-refractivity contribution in [2.45, 2.75) is 13.0 Å². The van der Waals surface area contributed by atoms with Crippen molar-refractivity contribution in [1.82, 2.24) is 10.2 Å². The zero-order chi connectivity index (χ0) is 21.1. The Balaban J connectivity index is 1.67. The van der Waals surface area contributed by atoms with Crippen LogP contribution in [0.2, 0.25) is 0 Å². The minimum atomic E-state index is -0.327. The molecule has 0 radical (unpaired) electrons. The fraction of sp³-hybridized carbons (Fsp3) is 0.120. The van der Waals surface area contributed by atoms with E-state index in [1.807, 2.05) is 104 Å². The quantitative estimate of drug-likeness (QED) is 0.441. The molecule has 3 aromatic rings. The Morgan fingerprint density at radius 1 is 0.900 bits per heavy atom. The summed E-state index contributed by atoms with van der Waals surface area (Å²) >= 11 is 5.50. The monoisotopic (exact) mass is 414 g/mol. The van der Waals surface area contributed by atoms with Crippen LogP contribution >= 0.6 is 12.2 Å². The summed E-state index contributed by atoms with van der Waals surface area (Å²) in [7, 11) is 1.87. The lowest BCUT2D eigenvalue weighted by Gasteiger charge is -2.36. The van der Waals surface area contributed by atoms with Gasteiger partial charge in [0, 0.05) is 23.9 Å². The lowest BCUT2D eigenvalue weighted by Crippen LogP contribution is -2.45. The van der Waals surface area contributed by atoms with Gasteiger partial charge in [0.05, 0.1) is 6.04 Å². The minimum absolute atomic E-state index is 0.00966. The van der Waals surface area contributed by atoms with Crippen LogP contribution in [0.4, 0.5) is 0 Å². The molecule has 3 aromatic carbocycles. The number of ketones is 1. The summed E-state index contributed by atoms with van der Waals surface area (Å²) in [5, 5.41) is 3.91. The molecule has 4 nitrogen and oxygen atoms in total. The van der Waals surface area contributed by atoms with E-state index in [4.69, 9.17) is 17.0 Å². The molecular formula is C25H22N2O2S. The number of allylic oxidation sites excluding steroid dienone is 1. The summed E-state index contributed by atoms with van der Waals surface area (Å²) in [6, 6.07) is 26.4. The van der Waals surface area contributed by atoms with E-state index in [0.717, 1.165) is 22.8 Å². The molecule has 4 rings (SSSR count). The van der Waals surface area contributed by atoms with E-state index < -0.39 is 0 Å². The fourth-order valence-corrected chi connectivity index (χ4v) is 3.73. The summed E-state index contributed by atoms with van der Waals surface area (Å²) in [4.78, 5) is 15.2. The van der Waals surface area contributed by atoms with Gasteiger partial charge < -0.3 is 15.0 Å². The molecule has 1 N–H and O–H groups in total. The predicted octanol–water partition coefficient (Wildman–Crippen LogP) is 5.50. The maximum Gasteiger partial charge on any atom is 0.193 e. The molecule has 0 spiro atoms. The van der Waals surface area contributed by atoms with E-state index in [9.17, 15) is 4.79 Å². The molecule has 150 valence electrons. The highest BCUT2D eigenvalue weighted by atomic mass is 32.1. The summed E-state index contributed by atoms with van der Waals surface area (Å²) in [5.74, 6) is 1.50. The van der Waals surface area contributed by atoms with E-state index in [-0.39, 0.29) is 11.8 Å². The Labute approximate surface area is 181 Å². The van der Waals surface area contributed by atoms with Gasteiger partial charge in [-0.25, -0.2) is 0 Å². The largest absolute Gasteiger partial charge is 0.457 e. The van der Waals surface area contributed by atoms with Crippen LogP contribution in [0.1, 0.15) is 28.9 Å². The van der Waals surface area contributed by atoms with Crippen molar-refractivity contribution in [3.05, 3.63) is 107 Å². The highest BCUT2D eigenvalue weighted by Gasteiger charge is 2.32. The molecule has 1 aliphatic rings. The molecule has 5 heteroatoms. The normalized spacial score (nSPS) is 16.3. The topological polar surface area (TPSA) is 41.6 Å². The van der Waals surface area contributed by atoms with Crippen molar-refractivity contribution in [3.63, 3.8) is 0 Å². The number of thiocarbonyl (C=S) groups is 1. The van der Waals surface area contributed by atoms with Crippen LogP contribution in [0.15, 0.2) is 96.2 Å². The number of hydrogen-bond donors (Lipinski definition) is 1. The lowest BCUT2D eigenvalue weighted by atomic mass is 9.89. The van der Waals surface area contributed by atoms with Crippen molar-refractivity contribution in [2.75, 3.05) is 7.05 Å². The number of nitrogens with one attached hydrogen (secondary N) is 1. The first-order valence-corrected chi connectivity index (χ1v) is 10.1. The second kappa shape index (κ2) is 8.51. The van der Waals surface area contributed by atoms with Crippen LogP contribution in [-0.4, -0.2) is 22.8 Å². The molecule has 0 saturated heterocycles. The summed E-state index contributed by atoms with van der Waals surface area (Å²) in [6.45, 7) is 1.93. The van der Waals surface area contributed by atoms with Crippen LogP contribution in [0.25, 0.3) is 0 Å². The standard InChI is InChI=1S/C25H22N2O2S/c1-17-22(24(28)19-9-5-3-6-10-19)23(26-25(30)27(17)2)18-13-15-21(16-14-18)29-20-11-7-4-8-12-20/h3-16,23H,1-2H3,(H,26,30).